The fourth-order valence-corrected chi connectivity index (χ4v) is 1.80. The van der Waals surface area contributed by atoms with Gasteiger partial charge in [-0.3, -0.25) is 4.79 Å². The third-order valence-corrected chi connectivity index (χ3v) is 2.79. The molecule has 1 aromatic rings. The molecule has 0 saturated carbocycles. The second-order valence-electron chi connectivity index (χ2n) is 4.03. The highest BCUT2D eigenvalue weighted by molar-refractivity contribution is 9.10. The van der Waals surface area contributed by atoms with Crippen molar-refractivity contribution in [3.8, 4) is 0 Å². The molecule has 0 saturated heterocycles. The quantitative estimate of drug-likeness (QED) is 0.890. The van der Waals surface area contributed by atoms with Crippen LogP contribution in [-0.4, -0.2) is 11.9 Å². The molecule has 88 valence electrons. The lowest BCUT2D eigenvalue weighted by Gasteiger charge is -2.09. The van der Waals surface area contributed by atoms with Crippen LogP contribution in [0.4, 0.5) is 0 Å². The van der Waals surface area contributed by atoms with Gasteiger partial charge in [0.25, 0.3) is 0 Å². The van der Waals surface area contributed by atoms with E-state index in [0.717, 1.165) is 10.0 Å². The van der Waals surface area contributed by atoms with Crippen LogP contribution in [0, 0.1) is 6.92 Å². The Morgan fingerprint density at radius 1 is 1.56 bits per heavy atom. The van der Waals surface area contributed by atoms with Crippen LogP contribution in [-0.2, 0) is 11.3 Å². The number of halogens is 1. The summed E-state index contributed by atoms with van der Waals surface area (Å²) in [6.07, 6.45) is 0.368. The van der Waals surface area contributed by atoms with E-state index in [1.165, 1.54) is 5.56 Å². The van der Waals surface area contributed by atoms with Crippen molar-refractivity contribution in [1.82, 2.24) is 5.32 Å². The molecule has 0 aliphatic rings. The first-order valence-corrected chi connectivity index (χ1v) is 6.05. The van der Waals surface area contributed by atoms with Gasteiger partial charge in [-0.25, -0.2) is 0 Å². The molecule has 0 bridgehead atoms. The van der Waals surface area contributed by atoms with E-state index in [2.05, 4.69) is 21.2 Å². The van der Waals surface area contributed by atoms with E-state index in [1.807, 2.05) is 32.0 Å². The Labute approximate surface area is 105 Å². The number of benzene rings is 1. The van der Waals surface area contributed by atoms with Gasteiger partial charge in [-0.05, 0) is 37.1 Å². The minimum Gasteiger partial charge on any atom is -0.352 e. The normalized spacial score (nSPS) is 12.2. The fraction of sp³-hybridized carbons (Fsp3) is 0.417. The number of aryl methyl sites for hydroxylation is 1. The van der Waals surface area contributed by atoms with Crippen LogP contribution >= 0.6 is 15.9 Å². The zero-order valence-electron chi connectivity index (χ0n) is 9.59. The van der Waals surface area contributed by atoms with E-state index in [0.29, 0.717) is 13.0 Å². The highest BCUT2D eigenvalue weighted by Crippen LogP contribution is 2.15. The molecule has 0 radical (unpaired) electrons. The van der Waals surface area contributed by atoms with Gasteiger partial charge in [-0.1, -0.05) is 22.0 Å². The zero-order chi connectivity index (χ0) is 12.1. The maximum absolute atomic E-state index is 11.4. The van der Waals surface area contributed by atoms with Gasteiger partial charge < -0.3 is 11.1 Å². The van der Waals surface area contributed by atoms with Crippen LogP contribution in [0.15, 0.2) is 22.7 Å². The average Bonchev–Trinajstić information content (AvgIpc) is 2.18. The Balaban J connectivity index is 2.54. The molecule has 0 aliphatic carbocycles. The monoisotopic (exact) mass is 284 g/mol. The zero-order valence-corrected chi connectivity index (χ0v) is 11.2. The Kier molecular flexibility index (Phi) is 4.96. The van der Waals surface area contributed by atoms with E-state index >= 15 is 0 Å². The molecule has 16 heavy (non-hydrogen) atoms. The molecule has 4 heteroatoms. The lowest BCUT2D eigenvalue weighted by atomic mass is 10.1. The van der Waals surface area contributed by atoms with Gasteiger partial charge in [0.2, 0.25) is 5.91 Å². The molecule has 0 fully saturated rings. The fourth-order valence-electron chi connectivity index (χ4n) is 1.39. The highest BCUT2D eigenvalue weighted by Gasteiger charge is 2.05. The van der Waals surface area contributed by atoms with Crippen molar-refractivity contribution in [2.75, 3.05) is 0 Å². The van der Waals surface area contributed by atoms with E-state index in [-0.39, 0.29) is 11.9 Å². The van der Waals surface area contributed by atoms with Gasteiger partial charge in [-0.2, -0.15) is 0 Å². The lowest BCUT2D eigenvalue weighted by Crippen LogP contribution is -2.29. The van der Waals surface area contributed by atoms with Gasteiger partial charge in [0.05, 0.1) is 0 Å². The molecule has 0 heterocycles. The van der Waals surface area contributed by atoms with Crippen molar-refractivity contribution in [2.24, 2.45) is 5.73 Å². The molecule has 0 aromatic heterocycles. The summed E-state index contributed by atoms with van der Waals surface area (Å²) in [5.74, 6) is -0.00521. The molecule has 1 atom stereocenters. The molecule has 3 N–H and O–H groups in total. The molecule has 1 amide bonds. The minimum absolute atomic E-state index is 0.00521. The first kappa shape index (κ1) is 13.2. The molecular formula is C12H17BrN2O. The van der Waals surface area contributed by atoms with Crippen molar-refractivity contribution in [1.29, 1.82) is 0 Å². The van der Waals surface area contributed by atoms with Crippen LogP contribution in [0.3, 0.4) is 0 Å². The van der Waals surface area contributed by atoms with Crippen molar-refractivity contribution in [3.63, 3.8) is 0 Å². The summed E-state index contributed by atoms with van der Waals surface area (Å²) in [6.45, 7) is 4.40. The SMILES string of the molecule is Cc1ccc(Br)cc1CNC(=O)CC(C)N. The topological polar surface area (TPSA) is 55.1 Å². The summed E-state index contributed by atoms with van der Waals surface area (Å²) in [7, 11) is 0. The molecule has 3 nitrogen and oxygen atoms in total. The molecular weight excluding hydrogens is 268 g/mol. The number of carbonyl (C=O) groups excluding carboxylic acids is 1. The summed E-state index contributed by atoms with van der Waals surface area (Å²) in [5.41, 5.74) is 7.84. The predicted molar refractivity (Wildman–Crippen MR) is 69.0 cm³/mol. The second kappa shape index (κ2) is 6.01. The molecule has 1 rings (SSSR count). The van der Waals surface area contributed by atoms with Gasteiger partial charge in [0, 0.05) is 23.5 Å². The van der Waals surface area contributed by atoms with Gasteiger partial charge >= 0.3 is 0 Å². The standard InChI is InChI=1S/C12H17BrN2O/c1-8-3-4-11(13)6-10(8)7-15-12(16)5-9(2)14/h3-4,6,9H,5,7,14H2,1-2H3,(H,15,16). The predicted octanol–water partition coefficient (Wildman–Crippen LogP) is 2.11. The number of amides is 1. The Bertz CT molecular complexity index is 377. The van der Waals surface area contributed by atoms with Crippen LogP contribution in [0.2, 0.25) is 0 Å². The summed E-state index contributed by atoms with van der Waals surface area (Å²) in [4.78, 5) is 11.4. The number of nitrogens with one attached hydrogen (secondary N) is 1. The number of hydrogen-bond donors (Lipinski definition) is 2. The molecule has 1 aromatic carbocycles. The van der Waals surface area contributed by atoms with Crippen LogP contribution in [0.25, 0.3) is 0 Å². The number of hydrogen-bond acceptors (Lipinski definition) is 2. The van der Waals surface area contributed by atoms with Crippen molar-refractivity contribution >= 4 is 21.8 Å². The summed E-state index contributed by atoms with van der Waals surface area (Å²) < 4.78 is 1.02. The number of nitrogens with two attached hydrogens (primary N) is 1. The Morgan fingerprint density at radius 3 is 2.88 bits per heavy atom. The lowest BCUT2D eigenvalue weighted by molar-refractivity contribution is -0.121. The third-order valence-electron chi connectivity index (χ3n) is 2.29. The van der Waals surface area contributed by atoms with Gasteiger partial charge in [0.15, 0.2) is 0 Å². The first-order chi connectivity index (χ1) is 7.49. The van der Waals surface area contributed by atoms with Crippen molar-refractivity contribution in [2.45, 2.75) is 32.9 Å². The van der Waals surface area contributed by atoms with Crippen LogP contribution in [0.5, 0.6) is 0 Å². The molecule has 0 spiro atoms. The third kappa shape index (κ3) is 4.33. The van der Waals surface area contributed by atoms with Gasteiger partial charge in [-0.15, -0.1) is 0 Å². The summed E-state index contributed by atoms with van der Waals surface area (Å²) in [5, 5.41) is 2.86. The molecule has 1 unspecified atom stereocenters. The summed E-state index contributed by atoms with van der Waals surface area (Å²) >= 11 is 3.41. The molecule has 0 aliphatic heterocycles. The van der Waals surface area contributed by atoms with E-state index in [4.69, 9.17) is 5.73 Å². The highest BCUT2D eigenvalue weighted by atomic mass is 79.9. The first-order valence-electron chi connectivity index (χ1n) is 5.26. The van der Waals surface area contributed by atoms with Crippen molar-refractivity contribution in [3.05, 3.63) is 33.8 Å². The number of rotatable bonds is 4. The van der Waals surface area contributed by atoms with E-state index in [9.17, 15) is 4.79 Å². The average molecular weight is 285 g/mol. The maximum Gasteiger partial charge on any atom is 0.221 e. The second-order valence-corrected chi connectivity index (χ2v) is 4.94. The van der Waals surface area contributed by atoms with Crippen LogP contribution < -0.4 is 11.1 Å². The Morgan fingerprint density at radius 2 is 2.25 bits per heavy atom. The minimum atomic E-state index is -0.0939. The van der Waals surface area contributed by atoms with E-state index in [1.54, 1.807) is 0 Å². The summed E-state index contributed by atoms with van der Waals surface area (Å²) in [6, 6.07) is 5.94. The van der Waals surface area contributed by atoms with Gasteiger partial charge in [0.1, 0.15) is 0 Å². The number of carbonyl (C=O) groups is 1. The van der Waals surface area contributed by atoms with E-state index < -0.39 is 0 Å². The van der Waals surface area contributed by atoms with Crippen LogP contribution in [0.1, 0.15) is 24.5 Å². The maximum atomic E-state index is 11.4. The smallest absolute Gasteiger partial charge is 0.221 e. The van der Waals surface area contributed by atoms with Crippen molar-refractivity contribution < 1.29 is 4.79 Å². The Hall–Kier alpha value is -0.870. The largest absolute Gasteiger partial charge is 0.352 e.